The summed E-state index contributed by atoms with van der Waals surface area (Å²) >= 11 is 0. The SMILES string of the molecule is CCCN(CCC(=O)N1CCNCC1)CC(=O)NC. The molecular weight excluding hydrogens is 244 g/mol. The Labute approximate surface area is 115 Å². The van der Waals surface area contributed by atoms with Crippen LogP contribution in [0, 0.1) is 0 Å². The molecule has 1 rings (SSSR count). The number of hydrogen-bond acceptors (Lipinski definition) is 4. The van der Waals surface area contributed by atoms with Gasteiger partial charge in [-0.2, -0.15) is 0 Å². The predicted molar refractivity (Wildman–Crippen MR) is 74.9 cm³/mol. The summed E-state index contributed by atoms with van der Waals surface area (Å²) in [6, 6.07) is 0. The Morgan fingerprint density at radius 1 is 1.26 bits per heavy atom. The molecule has 1 saturated heterocycles. The lowest BCUT2D eigenvalue weighted by Crippen LogP contribution is -2.47. The van der Waals surface area contributed by atoms with Crippen molar-refractivity contribution in [2.45, 2.75) is 19.8 Å². The minimum absolute atomic E-state index is 0.00284. The lowest BCUT2D eigenvalue weighted by atomic mass is 10.2. The fraction of sp³-hybridized carbons (Fsp3) is 0.846. The molecular formula is C13H26N4O2. The molecule has 19 heavy (non-hydrogen) atoms. The summed E-state index contributed by atoms with van der Waals surface area (Å²) in [5, 5.41) is 5.85. The zero-order chi connectivity index (χ0) is 14.1. The topological polar surface area (TPSA) is 64.7 Å². The molecule has 1 aliphatic rings. The van der Waals surface area contributed by atoms with E-state index in [4.69, 9.17) is 0 Å². The third-order valence-electron chi connectivity index (χ3n) is 3.30. The average Bonchev–Trinajstić information content (AvgIpc) is 2.45. The molecule has 6 nitrogen and oxygen atoms in total. The molecule has 0 unspecified atom stereocenters. The third kappa shape index (κ3) is 6.02. The van der Waals surface area contributed by atoms with Crippen LogP contribution >= 0.6 is 0 Å². The minimum atomic E-state index is 0.00284. The van der Waals surface area contributed by atoms with Gasteiger partial charge < -0.3 is 15.5 Å². The van der Waals surface area contributed by atoms with Gasteiger partial charge in [0.05, 0.1) is 6.54 Å². The lowest BCUT2D eigenvalue weighted by Gasteiger charge is -2.28. The number of piperazine rings is 1. The van der Waals surface area contributed by atoms with Crippen LogP contribution in [0.3, 0.4) is 0 Å². The number of carbonyl (C=O) groups is 2. The number of likely N-dealkylation sites (N-methyl/N-ethyl adjacent to an activating group) is 1. The number of nitrogens with zero attached hydrogens (tertiary/aromatic N) is 2. The van der Waals surface area contributed by atoms with E-state index >= 15 is 0 Å². The van der Waals surface area contributed by atoms with E-state index in [1.807, 2.05) is 9.80 Å². The maximum atomic E-state index is 12.0. The van der Waals surface area contributed by atoms with Crippen LogP contribution in [0.2, 0.25) is 0 Å². The fourth-order valence-corrected chi connectivity index (χ4v) is 2.19. The molecule has 6 heteroatoms. The van der Waals surface area contributed by atoms with Gasteiger partial charge >= 0.3 is 0 Å². The first-order valence-electron chi connectivity index (χ1n) is 7.08. The molecule has 1 heterocycles. The third-order valence-corrected chi connectivity index (χ3v) is 3.30. The van der Waals surface area contributed by atoms with Crippen molar-refractivity contribution < 1.29 is 9.59 Å². The molecule has 2 N–H and O–H groups in total. The molecule has 0 radical (unpaired) electrons. The summed E-state index contributed by atoms with van der Waals surface area (Å²) in [6.07, 6.45) is 1.48. The molecule has 1 aliphatic heterocycles. The normalized spacial score (nSPS) is 15.6. The van der Waals surface area contributed by atoms with Gasteiger partial charge in [0.25, 0.3) is 0 Å². The van der Waals surface area contributed by atoms with Gasteiger partial charge in [-0.15, -0.1) is 0 Å². The van der Waals surface area contributed by atoms with Crippen LogP contribution < -0.4 is 10.6 Å². The number of rotatable bonds is 7. The van der Waals surface area contributed by atoms with Crippen LogP contribution in [0.15, 0.2) is 0 Å². The largest absolute Gasteiger partial charge is 0.358 e. The second-order valence-corrected chi connectivity index (χ2v) is 4.83. The molecule has 0 aromatic rings. The summed E-state index contributed by atoms with van der Waals surface area (Å²) in [7, 11) is 1.64. The van der Waals surface area contributed by atoms with Crippen molar-refractivity contribution in [2.24, 2.45) is 0 Å². The number of carbonyl (C=O) groups excluding carboxylic acids is 2. The Balaban J connectivity index is 2.33. The molecule has 0 aromatic carbocycles. The van der Waals surface area contributed by atoms with E-state index in [9.17, 15) is 9.59 Å². The van der Waals surface area contributed by atoms with Crippen molar-refractivity contribution >= 4 is 11.8 Å². The zero-order valence-electron chi connectivity index (χ0n) is 12.1. The first-order chi connectivity index (χ1) is 9.17. The second-order valence-electron chi connectivity index (χ2n) is 4.83. The Morgan fingerprint density at radius 3 is 2.53 bits per heavy atom. The smallest absolute Gasteiger partial charge is 0.233 e. The van der Waals surface area contributed by atoms with E-state index in [0.29, 0.717) is 19.5 Å². The van der Waals surface area contributed by atoms with E-state index < -0.39 is 0 Å². The maximum Gasteiger partial charge on any atom is 0.233 e. The first kappa shape index (κ1) is 15.9. The molecule has 110 valence electrons. The molecule has 1 fully saturated rings. The quantitative estimate of drug-likeness (QED) is 0.640. The highest BCUT2D eigenvalue weighted by Gasteiger charge is 2.17. The van der Waals surface area contributed by atoms with Crippen molar-refractivity contribution in [3.63, 3.8) is 0 Å². The highest BCUT2D eigenvalue weighted by molar-refractivity contribution is 5.78. The molecule has 0 atom stereocenters. The fourth-order valence-electron chi connectivity index (χ4n) is 2.19. The van der Waals surface area contributed by atoms with Crippen molar-refractivity contribution in [1.29, 1.82) is 0 Å². The summed E-state index contributed by atoms with van der Waals surface area (Å²) in [4.78, 5) is 27.4. The Bertz CT molecular complexity index is 290. The molecule has 0 bridgehead atoms. The van der Waals surface area contributed by atoms with Crippen LogP contribution in [-0.2, 0) is 9.59 Å². The van der Waals surface area contributed by atoms with Crippen molar-refractivity contribution in [3.8, 4) is 0 Å². The molecule has 0 saturated carbocycles. The molecule has 2 amide bonds. The van der Waals surface area contributed by atoms with E-state index in [1.54, 1.807) is 7.05 Å². The average molecular weight is 270 g/mol. The number of amides is 2. The van der Waals surface area contributed by atoms with Gasteiger partial charge in [-0.3, -0.25) is 14.5 Å². The van der Waals surface area contributed by atoms with Crippen LogP contribution in [0.4, 0.5) is 0 Å². The van der Waals surface area contributed by atoms with E-state index in [1.165, 1.54) is 0 Å². The molecule has 0 aliphatic carbocycles. The van der Waals surface area contributed by atoms with E-state index in [2.05, 4.69) is 17.6 Å². The summed E-state index contributed by atoms with van der Waals surface area (Å²) in [5.74, 6) is 0.197. The molecule has 0 aromatic heterocycles. The Hall–Kier alpha value is -1.14. The van der Waals surface area contributed by atoms with Gasteiger partial charge in [-0.25, -0.2) is 0 Å². The van der Waals surface area contributed by atoms with Gasteiger partial charge in [0.2, 0.25) is 11.8 Å². The zero-order valence-corrected chi connectivity index (χ0v) is 12.1. The predicted octanol–water partition coefficient (Wildman–Crippen LogP) is -0.734. The van der Waals surface area contributed by atoms with Gasteiger partial charge in [0.1, 0.15) is 0 Å². The number of hydrogen-bond donors (Lipinski definition) is 2. The highest BCUT2D eigenvalue weighted by atomic mass is 16.2. The maximum absolute atomic E-state index is 12.0. The van der Waals surface area contributed by atoms with Crippen LogP contribution in [0.1, 0.15) is 19.8 Å². The summed E-state index contributed by atoms with van der Waals surface area (Å²) < 4.78 is 0. The van der Waals surface area contributed by atoms with E-state index in [-0.39, 0.29) is 11.8 Å². The van der Waals surface area contributed by atoms with Gasteiger partial charge in [-0.05, 0) is 13.0 Å². The first-order valence-corrected chi connectivity index (χ1v) is 7.08. The van der Waals surface area contributed by atoms with Gasteiger partial charge in [0.15, 0.2) is 0 Å². The Morgan fingerprint density at radius 2 is 1.95 bits per heavy atom. The minimum Gasteiger partial charge on any atom is -0.358 e. The van der Waals surface area contributed by atoms with Gasteiger partial charge in [-0.1, -0.05) is 6.92 Å². The van der Waals surface area contributed by atoms with Crippen molar-refractivity contribution in [1.82, 2.24) is 20.4 Å². The van der Waals surface area contributed by atoms with Crippen molar-refractivity contribution in [3.05, 3.63) is 0 Å². The second kappa shape index (κ2) is 8.87. The highest BCUT2D eigenvalue weighted by Crippen LogP contribution is 2.00. The summed E-state index contributed by atoms with van der Waals surface area (Å²) in [6.45, 7) is 7.30. The molecule has 0 spiro atoms. The van der Waals surface area contributed by atoms with E-state index in [0.717, 1.165) is 39.1 Å². The summed E-state index contributed by atoms with van der Waals surface area (Å²) in [5.41, 5.74) is 0. The van der Waals surface area contributed by atoms with Crippen LogP contribution in [0.25, 0.3) is 0 Å². The Kier molecular flexibility index (Phi) is 7.43. The van der Waals surface area contributed by atoms with Crippen LogP contribution in [-0.4, -0.2) is 74.5 Å². The monoisotopic (exact) mass is 270 g/mol. The standard InChI is InChI=1S/C13H26N4O2/c1-3-7-16(11-12(18)14-2)8-4-13(19)17-9-5-15-6-10-17/h15H,3-11H2,1-2H3,(H,14,18). The lowest BCUT2D eigenvalue weighted by molar-refractivity contribution is -0.132. The van der Waals surface area contributed by atoms with Crippen LogP contribution in [0.5, 0.6) is 0 Å². The number of nitrogens with one attached hydrogen (secondary N) is 2. The van der Waals surface area contributed by atoms with Crippen molar-refractivity contribution in [2.75, 3.05) is 52.9 Å². The van der Waals surface area contributed by atoms with Gasteiger partial charge in [0, 0.05) is 46.2 Å².